The normalized spacial score (nSPS) is 12.2. The van der Waals surface area contributed by atoms with Gasteiger partial charge in [-0.25, -0.2) is 0 Å². The molecule has 0 N–H and O–H groups in total. The summed E-state index contributed by atoms with van der Waals surface area (Å²) in [5, 5.41) is 0. The molecule has 0 spiro atoms. The van der Waals surface area contributed by atoms with Gasteiger partial charge < -0.3 is 14.2 Å². The standard InChI is InChI=1S/C56H102O6/c1-4-7-10-13-16-19-22-24-26-27-28-29-30-32-34-37-40-43-46-49-55(58)61-52-53(51-60-54(57)48-45-42-39-36-33-21-18-15-12-9-6-3)62-56(59)50-47-44-41-38-35-31-25-23-20-17-14-11-8-5-2/h14-15,17-18,23,25,53H,4-13,16,19-22,24,26-52H2,1-3H3/b17-14-,18-15-,25-23-. The van der Waals surface area contributed by atoms with Crippen molar-refractivity contribution in [2.45, 2.75) is 290 Å². The maximum absolute atomic E-state index is 12.8. The molecule has 0 saturated heterocycles. The highest BCUT2D eigenvalue weighted by molar-refractivity contribution is 5.71. The highest BCUT2D eigenvalue weighted by Gasteiger charge is 2.19. The number of hydrogen-bond acceptors (Lipinski definition) is 6. The van der Waals surface area contributed by atoms with Crippen LogP contribution in [-0.2, 0) is 28.6 Å². The predicted octanol–water partition coefficient (Wildman–Crippen LogP) is 17.7. The summed E-state index contributed by atoms with van der Waals surface area (Å²) < 4.78 is 16.8. The van der Waals surface area contributed by atoms with Crippen molar-refractivity contribution in [3.8, 4) is 0 Å². The van der Waals surface area contributed by atoms with Crippen molar-refractivity contribution in [2.24, 2.45) is 0 Å². The number of hydrogen-bond donors (Lipinski definition) is 0. The molecule has 1 unspecified atom stereocenters. The third kappa shape index (κ3) is 48.7. The number of esters is 3. The number of carbonyl (C=O) groups excluding carboxylic acids is 3. The fraction of sp³-hybridized carbons (Fsp3) is 0.839. The van der Waals surface area contributed by atoms with E-state index in [-0.39, 0.29) is 31.1 Å². The van der Waals surface area contributed by atoms with Crippen molar-refractivity contribution in [3.63, 3.8) is 0 Å². The first-order valence-corrected chi connectivity index (χ1v) is 27.0. The number of unbranched alkanes of at least 4 members (excludes halogenated alkanes) is 32. The van der Waals surface area contributed by atoms with E-state index in [1.807, 2.05) is 0 Å². The molecule has 0 saturated carbocycles. The summed E-state index contributed by atoms with van der Waals surface area (Å²) in [6.07, 6.45) is 59.9. The molecule has 0 heterocycles. The van der Waals surface area contributed by atoms with Crippen LogP contribution in [-0.4, -0.2) is 37.2 Å². The average Bonchev–Trinajstić information content (AvgIpc) is 3.27. The van der Waals surface area contributed by atoms with Gasteiger partial charge in [0.25, 0.3) is 0 Å². The fourth-order valence-corrected chi connectivity index (χ4v) is 7.73. The van der Waals surface area contributed by atoms with E-state index in [0.29, 0.717) is 19.3 Å². The lowest BCUT2D eigenvalue weighted by Crippen LogP contribution is -2.30. The van der Waals surface area contributed by atoms with Gasteiger partial charge in [0.2, 0.25) is 0 Å². The van der Waals surface area contributed by atoms with Crippen LogP contribution in [0.25, 0.3) is 0 Å². The van der Waals surface area contributed by atoms with Gasteiger partial charge in [-0.05, 0) is 64.2 Å². The Morgan fingerprint density at radius 3 is 0.952 bits per heavy atom. The molecule has 0 aromatic rings. The Morgan fingerprint density at radius 1 is 0.323 bits per heavy atom. The predicted molar refractivity (Wildman–Crippen MR) is 266 cm³/mol. The molecule has 0 radical (unpaired) electrons. The van der Waals surface area contributed by atoms with Gasteiger partial charge in [-0.1, -0.05) is 237 Å². The molecule has 6 heteroatoms. The largest absolute Gasteiger partial charge is 0.462 e. The third-order valence-corrected chi connectivity index (χ3v) is 11.9. The van der Waals surface area contributed by atoms with Crippen LogP contribution in [0.15, 0.2) is 36.5 Å². The average molecular weight is 871 g/mol. The molecule has 1 atom stereocenters. The van der Waals surface area contributed by atoms with Crippen LogP contribution in [0.2, 0.25) is 0 Å². The van der Waals surface area contributed by atoms with Crippen molar-refractivity contribution in [2.75, 3.05) is 13.2 Å². The summed E-state index contributed by atoms with van der Waals surface area (Å²) in [6.45, 7) is 6.57. The Labute approximate surface area is 385 Å². The van der Waals surface area contributed by atoms with E-state index in [9.17, 15) is 14.4 Å². The maximum atomic E-state index is 12.8. The van der Waals surface area contributed by atoms with E-state index >= 15 is 0 Å². The monoisotopic (exact) mass is 871 g/mol. The molecule has 0 aromatic carbocycles. The van der Waals surface area contributed by atoms with Crippen molar-refractivity contribution in [1.29, 1.82) is 0 Å². The second-order valence-corrected chi connectivity index (χ2v) is 18.1. The molecule has 62 heavy (non-hydrogen) atoms. The van der Waals surface area contributed by atoms with Gasteiger partial charge >= 0.3 is 17.9 Å². The van der Waals surface area contributed by atoms with Crippen molar-refractivity contribution < 1.29 is 28.6 Å². The molecule has 0 bridgehead atoms. The van der Waals surface area contributed by atoms with E-state index in [4.69, 9.17) is 14.2 Å². The SMILES string of the molecule is CCCC/C=C\C/C=C\CCCCCCCC(=O)OC(COC(=O)CCCCCCC/C=C\CCCC)COC(=O)CCCCCCCCCCCCCCCCCCCCC. The summed E-state index contributed by atoms with van der Waals surface area (Å²) in [7, 11) is 0. The summed E-state index contributed by atoms with van der Waals surface area (Å²) in [4.78, 5) is 38.0. The molecule has 0 aliphatic heterocycles. The highest BCUT2D eigenvalue weighted by Crippen LogP contribution is 2.16. The number of carbonyl (C=O) groups is 3. The van der Waals surface area contributed by atoms with E-state index in [2.05, 4.69) is 57.2 Å². The minimum absolute atomic E-state index is 0.0775. The minimum Gasteiger partial charge on any atom is -0.462 e. The van der Waals surface area contributed by atoms with Crippen molar-refractivity contribution >= 4 is 17.9 Å². The quantitative estimate of drug-likeness (QED) is 0.0262. The Morgan fingerprint density at radius 2 is 0.597 bits per heavy atom. The summed E-state index contributed by atoms with van der Waals surface area (Å²) in [5.74, 6) is -0.890. The molecular weight excluding hydrogens is 769 g/mol. The zero-order chi connectivity index (χ0) is 45.1. The Kier molecular flexibility index (Phi) is 49.3. The molecule has 6 nitrogen and oxygen atoms in total. The topological polar surface area (TPSA) is 78.9 Å². The van der Waals surface area contributed by atoms with Gasteiger partial charge in [-0.2, -0.15) is 0 Å². The van der Waals surface area contributed by atoms with Gasteiger partial charge in [-0.15, -0.1) is 0 Å². The molecule has 0 rings (SSSR count). The van der Waals surface area contributed by atoms with Gasteiger partial charge in [0.1, 0.15) is 13.2 Å². The zero-order valence-electron chi connectivity index (χ0n) is 41.4. The van der Waals surface area contributed by atoms with Gasteiger partial charge in [0, 0.05) is 19.3 Å². The second kappa shape index (κ2) is 51.3. The molecule has 0 aromatic heterocycles. The van der Waals surface area contributed by atoms with Crippen LogP contribution >= 0.6 is 0 Å². The summed E-state index contributed by atoms with van der Waals surface area (Å²) in [5.41, 5.74) is 0. The van der Waals surface area contributed by atoms with E-state index in [1.54, 1.807) is 0 Å². The number of rotatable bonds is 49. The molecule has 0 amide bonds. The Hall–Kier alpha value is -2.37. The van der Waals surface area contributed by atoms with E-state index in [1.165, 1.54) is 154 Å². The van der Waals surface area contributed by atoms with Crippen LogP contribution in [0.1, 0.15) is 284 Å². The first-order valence-electron chi connectivity index (χ1n) is 27.0. The molecule has 0 aliphatic rings. The molecule has 362 valence electrons. The summed E-state index contributed by atoms with van der Waals surface area (Å²) in [6, 6.07) is 0. The lowest BCUT2D eigenvalue weighted by Gasteiger charge is -2.18. The van der Waals surface area contributed by atoms with Gasteiger partial charge in [0.15, 0.2) is 6.10 Å². The fourth-order valence-electron chi connectivity index (χ4n) is 7.73. The first kappa shape index (κ1) is 59.6. The van der Waals surface area contributed by atoms with Crippen LogP contribution in [0.5, 0.6) is 0 Å². The lowest BCUT2D eigenvalue weighted by atomic mass is 10.0. The number of ether oxygens (including phenoxy) is 3. The van der Waals surface area contributed by atoms with Crippen LogP contribution < -0.4 is 0 Å². The molecular formula is C56H102O6. The highest BCUT2D eigenvalue weighted by atomic mass is 16.6. The Balaban J connectivity index is 4.30. The molecule has 0 aliphatic carbocycles. The third-order valence-electron chi connectivity index (χ3n) is 11.9. The summed E-state index contributed by atoms with van der Waals surface area (Å²) >= 11 is 0. The van der Waals surface area contributed by atoms with Gasteiger partial charge in [0.05, 0.1) is 0 Å². The van der Waals surface area contributed by atoms with E-state index < -0.39 is 6.10 Å². The van der Waals surface area contributed by atoms with E-state index in [0.717, 1.165) is 89.9 Å². The van der Waals surface area contributed by atoms with Crippen LogP contribution in [0.4, 0.5) is 0 Å². The second-order valence-electron chi connectivity index (χ2n) is 18.1. The van der Waals surface area contributed by atoms with Crippen LogP contribution in [0, 0.1) is 0 Å². The zero-order valence-corrected chi connectivity index (χ0v) is 41.4. The van der Waals surface area contributed by atoms with Crippen molar-refractivity contribution in [3.05, 3.63) is 36.5 Å². The number of allylic oxidation sites excluding steroid dienone is 6. The first-order chi connectivity index (χ1) is 30.5. The minimum atomic E-state index is -0.779. The van der Waals surface area contributed by atoms with Crippen LogP contribution in [0.3, 0.4) is 0 Å². The Bertz CT molecular complexity index is 1050. The smallest absolute Gasteiger partial charge is 0.306 e. The maximum Gasteiger partial charge on any atom is 0.306 e. The van der Waals surface area contributed by atoms with Gasteiger partial charge in [-0.3, -0.25) is 14.4 Å². The van der Waals surface area contributed by atoms with Crippen molar-refractivity contribution in [1.82, 2.24) is 0 Å². The molecule has 0 fully saturated rings. The lowest BCUT2D eigenvalue weighted by molar-refractivity contribution is -0.167.